The van der Waals surface area contributed by atoms with Crippen molar-refractivity contribution in [3.63, 3.8) is 0 Å². The molecule has 0 aliphatic rings. The van der Waals surface area contributed by atoms with E-state index in [-0.39, 0.29) is 6.04 Å². The van der Waals surface area contributed by atoms with Gasteiger partial charge in [-0.15, -0.1) is 0 Å². The van der Waals surface area contributed by atoms with Gasteiger partial charge in [-0.25, -0.2) is 4.79 Å². The van der Waals surface area contributed by atoms with Gasteiger partial charge in [0.25, 0.3) is 0 Å². The van der Waals surface area contributed by atoms with Gasteiger partial charge in [0.15, 0.2) is 0 Å². The molecular formula is C15H23NO3. The first kappa shape index (κ1) is 15.5. The molecule has 0 saturated carbocycles. The van der Waals surface area contributed by atoms with Crippen LogP contribution in [0.15, 0.2) is 30.3 Å². The van der Waals surface area contributed by atoms with E-state index in [1.807, 2.05) is 51.1 Å². The summed E-state index contributed by atoms with van der Waals surface area (Å²) in [5, 5.41) is 2.84. The third kappa shape index (κ3) is 6.82. The van der Waals surface area contributed by atoms with E-state index in [2.05, 4.69) is 5.32 Å². The highest BCUT2D eigenvalue weighted by Gasteiger charge is 2.19. The van der Waals surface area contributed by atoms with Gasteiger partial charge in [-0.05, 0) is 32.8 Å². The van der Waals surface area contributed by atoms with Crippen LogP contribution >= 0.6 is 0 Å². The van der Waals surface area contributed by atoms with Gasteiger partial charge in [-0.2, -0.15) is 0 Å². The van der Waals surface area contributed by atoms with Crippen LogP contribution in [0.2, 0.25) is 0 Å². The molecule has 1 aromatic carbocycles. The topological polar surface area (TPSA) is 47.6 Å². The van der Waals surface area contributed by atoms with Crippen LogP contribution in [0.4, 0.5) is 4.79 Å². The maximum absolute atomic E-state index is 11.7. The summed E-state index contributed by atoms with van der Waals surface area (Å²) in [7, 11) is 1.62. The lowest BCUT2D eigenvalue weighted by atomic mass is 10.1. The average Bonchev–Trinajstić information content (AvgIpc) is 2.27. The fraction of sp³-hybridized carbons (Fsp3) is 0.533. The molecule has 1 rings (SSSR count). The van der Waals surface area contributed by atoms with Crippen molar-refractivity contribution < 1.29 is 14.3 Å². The van der Waals surface area contributed by atoms with Gasteiger partial charge in [0.2, 0.25) is 0 Å². The maximum Gasteiger partial charge on any atom is 0.407 e. The number of amides is 1. The van der Waals surface area contributed by atoms with E-state index in [0.29, 0.717) is 13.0 Å². The standard InChI is InChI=1S/C15H23NO3/c1-15(2,3)19-14(17)16-13(11-18-4)10-12-8-6-5-7-9-12/h5-9,13H,10-11H2,1-4H3,(H,16,17)/t13-/m1/s1. The molecule has 19 heavy (non-hydrogen) atoms. The number of hydrogen-bond donors (Lipinski definition) is 1. The predicted octanol–water partition coefficient (Wildman–Crippen LogP) is 2.77. The molecule has 0 saturated heterocycles. The smallest absolute Gasteiger partial charge is 0.407 e. The lowest BCUT2D eigenvalue weighted by molar-refractivity contribution is 0.0469. The lowest BCUT2D eigenvalue weighted by Crippen LogP contribution is -2.42. The largest absolute Gasteiger partial charge is 0.444 e. The van der Waals surface area contributed by atoms with Crippen LogP contribution < -0.4 is 5.32 Å². The zero-order valence-electron chi connectivity index (χ0n) is 12.1. The summed E-state index contributed by atoms with van der Waals surface area (Å²) in [6, 6.07) is 9.89. The number of benzene rings is 1. The third-order valence-electron chi connectivity index (χ3n) is 2.41. The maximum atomic E-state index is 11.7. The zero-order chi connectivity index (χ0) is 14.3. The van der Waals surface area contributed by atoms with Crippen molar-refractivity contribution in [2.45, 2.75) is 38.8 Å². The molecule has 1 amide bonds. The first-order valence-electron chi connectivity index (χ1n) is 6.43. The van der Waals surface area contributed by atoms with Gasteiger partial charge in [0.1, 0.15) is 5.60 Å². The SMILES string of the molecule is COC[C@@H](Cc1ccccc1)NC(=O)OC(C)(C)C. The molecule has 0 radical (unpaired) electrons. The summed E-state index contributed by atoms with van der Waals surface area (Å²) in [4.78, 5) is 11.7. The van der Waals surface area contributed by atoms with Crippen LogP contribution in [0.1, 0.15) is 26.3 Å². The van der Waals surface area contributed by atoms with Gasteiger partial charge < -0.3 is 14.8 Å². The normalized spacial score (nSPS) is 12.8. The second-order valence-corrected chi connectivity index (χ2v) is 5.49. The van der Waals surface area contributed by atoms with Gasteiger partial charge in [0, 0.05) is 7.11 Å². The van der Waals surface area contributed by atoms with Crippen molar-refractivity contribution in [3.05, 3.63) is 35.9 Å². The summed E-state index contributed by atoms with van der Waals surface area (Å²) in [6.07, 6.45) is 0.305. The Balaban J connectivity index is 2.55. The minimum Gasteiger partial charge on any atom is -0.444 e. The number of alkyl carbamates (subject to hydrolysis) is 1. The Morgan fingerprint density at radius 3 is 2.42 bits per heavy atom. The van der Waals surface area contributed by atoms with Crippen LogP contribution in [0.5, 0.6) is 0 Å². The van der Waals surface area contributed by atoms with E-state index in [1.165, 1.54) is 0 Å². The zero-order valence-corrected chi connectivity index (χ0v) is 12.1. The fourth-order valence-electron chi connectivity index (χ4n) is 1.73. The van der Waals surface area contributed by atoms with Crippen molar-refractivity contribution in [2.24, 2.45) is 0 Å². The summed E-state index contributed by atoms with van der Waals surface area (Å²) < 4.78 is 10.4. The molecule has 1 atom stereocenters. The number of carbonyl (C=O) groups excluding carboxylic acids is 1. The van der Waals surface area contributed by atoms with Crippen LogP contribution in [0.25, 0.3) is 0 Å². The number of ether oxygens (including phenoxy) is 2. The molecule has 0 spiro atoms. The van der Waals surface area contributed by atoms with E-state index < -0.39 is 11.7 Å². The molecule has 0 bridgehead atoms. The number of methoxy groups -OCH3 is 1. The molecule has 0 heterocycles. The Morgan fingerprint density at radius 1 is 1.26 bits per heavy atom. The quantitative estimate of drug-likeness (QED) is 0.890. The summed E-state index contributed by atoms with van der Waals surface area (Å²) in [6.45, 7) is 5.98. The lowest BCUT2D eigenvalue weighted by Gasteiger charge is -2.23. The Bertz CT molecular complexity index is 384. The number of nitrogens with one attached hydrogen (secondary N) is 1. The molecule has 106 valence electrons. The second kappa shape index (κ2) is 7.14. The Hall–Kier alpha value is -1.55. The molecule has 0 unspecified atom stereocenters. The molecule has 0 aromatic heterocycles. The molecule has 0 aliphatic heterocycles. The van der Waals surface area contributed by atoms with Crippen LogP contribution in [0.3, 0.4) is 0 Å². The summed E-state index contributed by atoms with van der Waals surface area (Å²) >= 11 is 0. The van der Waals surface area contributed by atoms with Crippen molar-refractivity contribution >= 4 is 6.09 Å². The Morgan fingerprint density at radius 2 is 1.89 bits per heavy atom. The van der Waals surface area contributed by atoms with Crippen molar-refractivity contribution in [1.29, 1.82) is 0 Å². The van der Waals surface area contributed by atoms with E-state index >= 15 is 0 Å². The molecular weight excluding hydrogens is 242 g/mol. The number of carbonyl (C=O) groups is 1. The number of rotatable bonds is 5. The van der Waals surface area contributed by atoms with E-state index in [4.69, 9.17) is 9.47 Å². The van der Waals surface area contributed by atoms with E-state index in [1.54, 1.807) is 7.11 Å². The van der Waals surface area contributed by atoms with E-state index in [0.717, 1.165) is 5.56 Å². The first-order chi connectivity index (χ1) is 8.90. The number of hydrogen-bond acceptors (Lipinski definition) is 3. The molecule has 4 nitrogen and oxygen atoms in total. The van der Waals surface area contributed by atoms with Gasteiger partial charge in [0.05, 0.1) is 12.6 Å². The molecule has 1 aromatic rings. The summed E-state index contributed by atoms with van der Waals surface area (Å²) in [5.74, 6) is 0. The first-order valence-corrected chi connectivity index (χ1v) is 6.43. The molecule has 0 aliphatic carbocycles. The third-order valence-corrected chi connectivity index (χ3v) is 2.41. The van der Waals surface area contributed by atoms with Crippen LogP contribution in [-0.4, -0.2) is 31.5 Å². The Kier molecular flexibility index (Phi) is 5.83. The van der Waals surface area contributed by atoms with Crippen molar-refractivity contribution in [3.8, 4) is 0 Å². The average molecular weight is 265 g/mol. The Labute approximate surface area is 115 Å². The molecule has 1 N–H and O–H groups in total. The van der Waals surface area contributed by atoms with Crippen LogP contribution in [0, 0.1) is 0 Å². The second-order valence-electron chi connectivity index (χ2n) is 5.49. The fourth-order valence-corrected chi connectivity index (χ4v) is 1.73. The monoisotopic (exact) mass is 265 g/mol. The summed E-state index contributed by atoms with van der Waals surface area (Å²) in [5.41, 5.74) is 0.662. The molecule has 4 heteroatoms. The van der Waals surface area contributed by atoms with Gasteiger partial charge in [-0.1, -0.05) is 30.3 Å². The highest BCUT2D eigenvalue weighted by atomic mass is 16.6. The molecule has 0 fully saturated rings. The van der Waals surface area contributed by atoms with E-state index in [9.17, 15) is 4.79 Å². The minimum atomic E-state index is -0.492. The van der Waals surface area contributed by atoms with Crippen molar-refractivity contribution in [2.75, 3.05) is 13.7 Å². The van der Waals surface area contributed by atoms with Crippen molar-refractivity contribution in [1.82, 2.24) is 5.32 Å². The van der Waals surface area contributed by atoms with Crippen LogP contribution in [-0.2, 0) is 15.9 Å². The minimum absolute atomic E-state index is 0.0951. The highest BCUT2D eigenvalue weighted by molar-refractivity contribution is 5.68. The van der Waals surface area contributed by atoms with Gasteiger partial charge >= 0.3 is 6.09 Å². The highest BCUT2D eigenvalue weighted by Crippen LogP contribution is 2.08. The predicted molar refractivity (Wildman–Crippen MR) is 75.2 cm³/mol. The van der Waals surface area contributed by atoms with Gasteiger partial charge in [-0.3, -0.25) is 0 Å².